The monoisotopic (exact) mass is 328 g/mol. The van der Waals surface area contributed by atoms with Crippen LogP contribution in [0.5, 0.6) is 0 Å². The van der Waals surface area contributed by atoms with Crippen molar-refractivity contribution >= 4 is 5.91 Å². The Balaban J connectivity index is 1.74. The number of carbonyl (C=O) groups excluding carboxylic acids is 1. The number of hydrogen-bond acceptors (Lipinski definition) is 5. The molecule has 1 aliphatic heterocycles. The number of ether oxygens (including phenoxy) is 1. The van der Waals surface area contributed by atoms with Crippen molar-refractivity contribution in [2.24, 2.45) is 0 Å². The van der Waals surface area contributed by atoms with Gasteiger partial charge in [-0.1, -0.05) is 30.3 Å². The number of carbonyl (C=O) groups is 1. The largest absolute Gasteiger partial charge is 0.379 e. The van der Waals surface area contributed by atoms with E-state index < -0.39 is 0 Å². The summed E-state index contributed by atoms with van der Waals surface area (Å²) >= 11 is 0. The highest BCUT2D eigenvalue weighted by atomic mass is 16.5. The average molecular weight is 328 g/mol. The second kappa shape index (κ2) is 7.85. The summed E-state index contributed by atoms with van der Waals surface area (Å²) < 4.78 is 5.38. The topological polar surface area (TPSA) is 87.3 Å². The molecule has 1 aliphatic rings. The first-order valence-corrected chi connectivity index (χ1v) is 7.94. The summed E-state index contributed by atoms with van der Waals surface area (Å²) in [6.45, 7) is 3.79. The Morgan fingerprint density at radius 2 is 1.96 bits per heavy atom. The van der Waals surface area contributed by atoms with E-state index in [2.05, 4.69) is 20.4 Å². The fourth-order valence-electron chi connectivity index (χ4n) is 2.66. The molecule has 7 nitrogen and oxygen atoms in total. The van der Waals surface area contributed by atoms with Gasteiger partial charge < -0.3 is 10.1 Å². The molecule has 1 amide bonds. The second-order valence-electron chi connectivity index (χ2n) is 5.66. The molecular formula is C17H20N4O3. The summed E-state index contributed by atoms with van der Waals surface area (Å²) in [6.07, 6.45) is 0. The molecule has 3 rings (SSSR count). The summed E-state index contributed by atoms with van der Waals surface area (Å²) in [4.78, 5) is 25.8. The smallest absolute Gasteiger partial charge is 0.272 e. The predicted octanol–water partition coefficient (Wildman–Crippen LogP) is 0.573. The van der Waals surface area contributed by atoms with Gasteiger partial charge in [-0.25, -0.2) is 5.10 Å². The summed E-state index contributed by atoms with van der Waals surface area (Å²) in [6, 6.07) is 12.4. The quantitative estimate of drug-likeness (QED) is 0.838. The maximum Gasteiger partial charge on any atom is 0.272 e. The number of nitrogens with zero attached hydrogens (tertiary/aromatic N) is 2. The summed E-state index contributed by atoms with van der Waals surface area (Å²) in [5.41, 5.74) is 0.888. The molecule has 0 bridgehead atoms. The van der Waals surface area contributed by atoms with Gasteiger partial charge in [-0.2, -0.15) is 5.10 Å². The highest BCUT2D eigenvalue weighted by Gasteiger charge is 2.21. The lowest BCUT2D eigenvalue weighted by atomic mass is 10.1. The Bertz CT molecular complexity index is 706. The Morgan fingerprint density at radius 3 is 2.62 bits per heavy atom. The van der Waals surface area contributed by atoms with Gasteiger partial charge in [-0.15, -0.1) is 0 Å². The molecule has 126 valence electrons. The molecule has 1 aromatic carbocycles. The van der Waals surface area contributed by atoms with Gasteiger partial charge in [-0.05, 0) is 11.6 Å². The Morgan fingerprint density at radius 1 is 1.21 bits per heavy atom. The van der Waals surface area contributed by atoms with Crippen molar-refractivity contribution in [3.63, 3.8) is 0 Å². The van der Waals surface area contributed by atoms with E-state index in [1.54, 1.807) is 0 Å². The standard InChI is InChI=1S/C17H20N4O3/c22-16-7-6-14(19-20-16)17(23)18-15(13-4-2-1-3-5-13)12-21-8-10-24-11-9-21/h1-7,15H,8-12H2,(H,18,23)(H,20,22). The molecular weight excluding hydrogens is 308 g/mol. The van der Waals surface area contributed by atoms with Crippen molar-refractivity contribution in [1.82, 2.24) is 20.4 Å². The van der Waals surface area contributed by atoms with Crippen LogP contribution in [0.3, 0.4) is 0 Å². The van der Waals surface area contributed by atoms with Gasteiger partial charge in [0.05, 0.1) is 19.3 Å². The van der Waals surface area contributed by atoms with Crippen LogP contribution in [0, 0.1) is 0 Å². The SMILES string of the molecule is O=C(NC(CN1CCOCC1)c1ccccc1)c1ccc(=O)[nH]n1. The number of aromatic amines is 1. The van der Waals surface area contributed by atoms with Crippen LogP contribution in [0.4, 0.5) is 0 Å². The fourth-order valence-corrected chi connectivity index (χ4v) is 2.66. The molecule has 1 aromatic heterocycles. The van der Waals surface area contributed by atoms with Gasteiger partial charge in [0.15, 0.2) is 0 Å². The van der Waals surface area contributed by atoms with Crippen LogP contribution in [0.15, 0.2) is 47.3 Å². The molecule has 2 aromatic rings. The van der Waals surface area contributed by atoms with E-state index >= 15 is 0 Å². The first kappa shape index (κ1) is 16.4. The van der Waals surface area contributed by atoms with Crippen LogP contribution in [-0.2, 0) is 4.74 Å². The minimum atomic E-state index is -0.334. The molecule has 0 radical (unpaired) electrons. The van der Waals surface area contributed by atoms with Crippen LogP contribution in [0.1, 0.15) is 22.1 Å². The molecule has 1 fully saturated rings. The van der Waals surface area contributed by atoms with Gasteiger partial charge in [0.1, 0.15) is 5.69 Å². The van der Waals surface area contributed by atoms with Gasteiger partial charge in [-0.3, -0.25) is 14.5 Å². The second-order valence-corrected chi connectivity index (χ2v) is 5.66. The number of aromatic nitrogens is 2. The van der Waals surface area contributed by atoms with E-state index in [9.17, 15) is 9.59 Å². The van der Waals surface area contributed by atoms with E-state index in [4.69, 9.17) is 4.74 Å². The third-order valence-electron chi connectivity index (χ3n) is 3.96. The third-order valence-corrected chi connectivity index (χ3v) is 3.96. The van der Waals surface area contributed by atoms with Crippen LogP contribution in [0.2, 0.25) is 0 Å². The minimum absolute atomic E-state index is 0.162. The Hall–Kier alpha value is -2.51. The molecule has 0 saturated carbocycles. The molecule has 2 heterocycles. The minimum Gasteiger partial charge on any atom is -0.379 e. The summed E-state index contributed by atoms with van der Waals surface area (Å²) in [5, 5.41) is 9.08. The maximum atomic E-state index is 12.4. The van der Waals surface area contributed by atoms with Crippen molar-refractivity contribution < 1.29 is 9.53 Å². The molecule has 1 atom stereocenters. The normalized spacial score (nSPS) is 16.5. The van der Waals surface area contributed by atoms with Crippen LogP contribution in [0.25, 0.3) is 0 Å². The van der Waals surface area contributed by atoms with E-state index in [0.29, 0.717) is 19.8 Å². The van der Waals surface area contributed by atoms with Crippen molar-refractivity contribution in [2.75, 3.05) is 32.8 Å². The molecule has 2 N–H and O–H groups in total. The molecule has 1 saturated heterocycles. The lowest BCUT2D eigenvalue weighted by Gasteiger charge is -2.31. The van der Waals surface area contributed by atoms with E-state index in [1.165, 1.54) is 12.1 Å². The summed E-state index contributed by atoms with van der Waals surface area (Å²) in [7, 11) is 0. The zero-order valence-electron chi connectivity index (χ0n) is 13.3. The lowest BCUT2D eigenvalue weighted by molar-refractivity contribution is 0.0332. The van der Waals surface area contributed by atoms with Crippen molar-refractivity contribution in [3.05, 3.63) is 64.1 Å². The van der Waals surface area contributed by atoms with Gasteiger partial charge in [0, 0.05) is 25.7 Å². The first-order chi connectivity index (χ1) is 11.7. The molecule has 0 aliphatic carbocycles. The van der Waals surface area contributed by atoms with Crippen molar-refractivity contribution in [3.8, 4) is 0 Å². The lowest BCUT2D eigenvalue weighted by Crippen LogP contribution is -2.43. The number of morpholine rings is 1. The molecule has 24 heavy (non-hydrogen) atoms. The van der Waals surface area contributed by atoms with Crippen LogP contribution >= 0.6 is 0 Å². The number of nitrogens with one attached hydrogen (secondary N) is 2. The zero-order valence-corrected chi connectivity index (χ0v) is 13.3. The van der Waals surface area contributed by atoms with Crippen molar-refractivity contribution in [1.29, 1.82) is 0 Å². The average Bonchev–Trinajstić information content (AvgIpc) is 2.63. The number of hydrogen-bond donors (Lipinski definition) is 2. The molecule has 1 unspecified atom stereocenters. The summed E-state index contributed by atoms with van der Waals surface area (Å²) in [5.74, 6) is -0.312. The Labute approximate surface area is 139 Å². The fraction of sp³-hybridized carbons (Fsp3) is 0.353. The highest BCUT2D eigenvalue weighted by molar-refractivity contribution is 5.92. The number of benzene rings is 1. The van der Waals surface area contributed by atoms with Crippen molar-refractivity contribution in [2.45, 2.75) is 6.04 Å². The van der Waals surface area contributed by atoms with E-state index in [1.807, 2.05) is 30.3 Å². The zero-order chi connectivity index (χ0) is 16.8. The van der Waals surface area contributed by atoms with Gasteiger partial charge >= 0.3 is 0 Å². The number of amides is 1. The maximum absolute atomic E-state index is 12.4. The van der Waals surface area contributed by atoms with E-state index in [-0.39, 0.29) is 23.2 Å². The number of rotatable bonds is 5. The van der Waals surface area contributed by atoms with Crippen LogP contribution in [-0.4, -0.2) is 53.9 Å². The molecule has 0 spiro atoms. The highest BCUT2D eigenvalue weighted by Crippen LogP contribution is 2.15. The molecule has 7 heteroatoms. The van der Waals surface area contributed by atoms with Gasteiger partial charge in [0.25, 0.3) is 11.5 Å². The van der Waals surface area contributed by atoms with Crippen LogP contribution < -0.4 is 10.9 Å². The van der Waals surface area contributed by atoms with E-state index in [0.717, 1.165) is 18.7 Å². The predicted molar refractivity (Wildman–Crippen MR) is 88.8 cm³/mol. The van der Waals surface area contributed by atoms with Gasteiger partial charge in [0.2, 0.25) is 0 Å². The number of H-pyrrole nitrogens is 1. The Kier molecular flexibility index (Phi) is 5.35. The third kappa shape index (κ3) is 4.27. The first-order valence-electron chi connectivity index (χ1n) is 7.94.